The van der Waals surface area contributed by atoms with Crippen LogP contribution in [-0.2, 0) is 11.3 Å². The number of anilines is 2. The second-order valence-electron chi connectivity index (χ2n) is 7.37. The molecule has 2 aliphatic rings. The molecule has 4 rings (SSSR count). The first-order valence-corrected chi connectivity index (χ1v) is 10.5. The topological polar surface area (TPSA) is 102 Å². The Morgan fingerprint density at radius 2 is 1.68 bits per heavy atom. The molecule has 1 N–H and O–H groups in total. The maximum atomic E-state index is 12.8. The van der Waals surface area contributed by atoms with Crippen molar-refractivity contribution in [1.82, 2.24) is 20.3 Å². The molecule has 1 aromatic carbocycles. The predicted octanol–water partition coefficient (Wildman–Crippen LogP) is 1.26. The van der Waals surface area contributed by atoms with E-state index in [1.807, 2.05) is 0 Å². The van der Waals surface area contributed by atoms with Gasteiger partial charge in [0.15, 0.2) is 17.3 Å². The molecule has 2 aliphatic heterocycles. The van der Waals surface area contributed by atoms with Crippen LogP contribution in [0.2, 0.25) is 0 Å². The van der Waals surface area contributed by atoms with Crippen LogP contribution >= 0.6 is 0 Å². The van der Waals surface area contributed by atoms with Crippen LogP contribution < -0.4 is 24.6 Å². The Balaban J connectivity index is 1.54. The van der Waals surface area contributed by atoms with Crippen LogP contribution in [-0.4, -0.2) is 74.5 Å². The number of para-hydroxylation sites is 1. The number of hydrogen-bond donors (Lipinski definition) is 1. The fourth-order valence-corrected chi connectivity index (χ4v) is 3.76. The van der Waals surface area contributed by atoms with Crippen molar-refractivity contribution in [3.63, 3.8) is 0 Å². The molecule has 3 heterocycles. The number of carbonyl (C=O) groups is 1. The van der Waals surface area contributed by atoms with Gasteiger partial charge in [0.05, 0.1) is 39.5 Å². The van der Waals surface area contributed by atoms with E-state index in [1.165, 1.54) is 14.2 Å². The highest BCUT2D eigenvalue weighted by molar-refractivity contribution is 5.97. The Bertz CT molecular complexity index is 913. The monoisotopic (exact) mass is 428 g/mol. The number of carbonyl (C=O) groups excluding carboxylic acids is 1. The fourth-order valence-electron chi connectivity index (χ4n) is 3.76. The number of morpholine rings is 1. The molecule has 0 radical (unpaired) electrons. The smallest absolute Gasteiger partial charge is 0.255 e. The molecule has 0 saturated carbocycles. The number of aromatic nitrogens is 3. The van der Waals surface area contributed by atoms with Crippen molar-refractivity contribution in [1.29, 1.82) is 0 Å². The molecule has 1 amide bonds. The molecule has 2 aromatic rings. The summed E-state index contributed by atoms with van der Waals surface area (Å²) in [5.41, 5.74) is 0.393. The van der Waals surface area contributed by atoms with Gasteiger partial charge in [-0.15, -0.1) is 0 Å². The van der Waals surface area contributed by atoms with Gasteiger partial charge < -0.3 is 29.3 Å². The molecule has 10 nitrogen and oxygen atoms in total. The van der Waals surface area contributed by atoms with Crippen molar-refractivity contribution < 1.29 is 19.0 Å². The number of amides is 1. The van der Waals surface area contributed by atoms with E-state index in [1.54, 1.807) is 18.2 Å². The summed E-state index contributed by atoms with van der Waals surface area (Å²) in [7, 11) is 3.05. The molecule has 2 saturated heterocycles. The average molecular weight is 428 g/mol. The van der Waals surface area contributed by atoms with Crippen LogP contribution in [0.25, 0.3) is 0 Å². The average Bonchev–Trinajstić information content (AvgIpc) is 3.37. The van der Waals surface area contributed by atoms with Crippen LogP contribution in [0.5, 0.6) is 11.5 Å². The Kier molecular flexibility index (Phi) is 6.66. The highest BCUT2D eigenvalue weighted by Crippen LogP contribution is 2.30. The first-order valence-electron chi connectivity index (χ1n) is 10.5. The first-order chi connectivity index (χ1) is 15.2. The van der Waals surface area contributed by atoms with Gasteiger partial charge in [0.25, 0.3) is 5.91 Å². The van der Waals surface area contributed by atoms with Gasteiger partial charge in [-0.05, 0) is 25.0 Å². The maximum absolute atomic E-state index is 12.8. The third-order valence-corrected chi connectivity index (χ3v) is 5.40. The summed E-state index contributed by atoms with van der Waals surface area (Å²) in [5.74, 6) is 2.42. The molecule has 0 aliphatic carbocycles. The molecule has 0 spiro atoms. The highest BCUT2D eigenvalue weighted by atomic mass is 16.5. The number of ether oxygens (including phenoxy) is 3. The van der Waals surface area contributed by atoms with Crippen molar-refractivity contribution in [2.75, 3.05) is 63.4 Å². The Hall–Kier alpha value is -3.14. The highest BCUT2D eigenvalue weighted by Gasteiger charge is 2.22. The van der Waals surface area contributed by atoms with Crippen molar-refractivity contribution in [3.8, 4) is 11.5 Å². The molecule has 10 heteroatoms. The lowest BCUT2D eigenvalue weighted by Gasteiger charge is -2.28. The Morgan fingerprint density at radius 3 is 2.32 bits per heavy atom. The van der Waals surface area contributed by atoms with Crippen LogP contribution in [0.3, 0.4) is 0 Å². The summed E-state index contributed by atoms with van der Waals surface area (Å²) in [6, 6.07) is 5.19. The van der Waals surface area contributed by atoms with E-state index in [4.69, 9.17) is 19.2 Å². The van der Waals surface area contributed by atoms with Gasteiger partial charge in [-0.25, -0.2) is 0 Å². The molecule has 1 aromatic heterocycles. The lowest BCUT2D eigenvalue weighted by Crippen LogP contribution is -2.38. The van der Waals surface area contributed by atoms with Gasteiger partial charge in [0.2, 0.25) is 11.9 Å². The maximum Gasteiger partial charge on any atom is 0.255 e. The van der Waals surface area contributed by atoms with E-state index in [2.05, 4.69) is 25.1 Å². The van der Waals surface area contributed by atoms with Crippen LogP contribution in [0.4, 0.5) is 11.9 Å². The number of rotatable bonds is 7. The second kappa shape index (κ2) is 9.78. The zero-order chi connectivity index (χ0) is 21.6. The van der Waals surface area contributed by atoms with Gasteiger partial charge in [0.1, 0.15) is 0 Å². The van der Waals surface area contributed by atoms with E-state index in [-0.39, 0.29) is 12.5 Å². The molecule has 0 unspecified atom stereocenters. The SMILES string of the molecule is COc1cccc(C(=O)NCc2nc(N3CCCC3)nc(N3CCOCC3)n2)c1OC. The molecule has 166 valence electrons. The summed E-state index contributed by atoms with van der Waals surface area (Å²) in [4.78, 5) is 31.1. The quantitative estimate of drug-likeness (QED) is 0.698. The summed E-state index contributed by atoms with van der Waals surface area (Å²) < 4.78 is 16.1. The van der Waals surface area contributed by atoms with Crippen molar-refractivity contribution in [2.45, 2.75) is 19.4 Å². The van der Waals surface area contributed by atoms with Gasteiger partial charge in [0, 0.05) is 26.2 Å². The normalized spacial score (nSPS) is 16.3. The minimum absolute atomic E-state index is 0.180. The summed E-state index contributed by atoms with van der Waals surface area (Å²) in [6.45, 7) is 4.80. The minimum atomic E-state index is -0.285. The van der Waals surface area contributed by atoms with Gasteiger partial charge >= 0.3 is 0 Å². The molecule has 0 atom stereocenters. The van der Waals surface area contributed by atoms with Crippen LogP contribution in [0.15, 0.2) is 18.2 Å². The number of nitrogens with zero attached hydrogens (tertiary/aromatic N) is 5. The lowest BCUT2D eigenvalue weighted by molar-refractivity contribution is 0.0946. The predicted molar refractivity (Wildman–Crippen MR) is 115 cm³/mol. The molecular formula is C21H28N6O4. The van der Waals surface area contributed by atoms with Gasteiger partial charge in [-0.3, -0.25) is 4.79 Å². The summed E-state index contributed by atoms with van der Waals surface area (Å²) in [5, 5.41) is 2.90. The Labute approximate surface area is 181 Å². The van der Waals surface area contributed by atoms with E-state index >= 15 is 0 Å². The standard InChI is InChI=1S/C21H28N6O4/c1-29-16-7-5-6-15(18(16)30-2)19(28)22-14-17-23-20(26-8-3-4-9-26)25-21(24-17)27-10-12-31-13-11-27/h5-7H,3-4,8-14H2,1-2H3,(H,22,28). The first kappa shape index (κ1) is 21.1. The minimum Gasteiger partial charge on any atom is -0.493 e. The van der Waals surface area contributed by atoms with E-state index in [0.717, 1.165) is 39.0 Å². The largest absolute Gasteiger partial charge is 0.493 e. The molecule has 0 bridgehead atoms. The van der Waals surface area contributed by atoms with Crippen molar-refractivity contribution in [3.05, 3.63) is 29.6 Å². The second-order valence-corrected chi connectivity index (χ2v) is 7.37. The van der Waals surface area contributed by atoms with Crippen LogP contribution in [0, 0.1) is 0 Å². The van der Waals surface area contributed by atoms with E-state index < -0.39 is 0 Å². The summed E-state index contributed by atoms with van der Waals surface area (Å²) in [6.07, 6.45) is 2.25. The van der Waals surface area contributed by atoms with Gasteiger partial charge in [-0.2, -0.15) is 15.0 Å². The van der Waals surface area contributed by atoms with E-state index in [9.17, 15) is 4.79 Å². The molecule has 2 fully saturated rings. The third-order valence-electron chi connectivity index (χ3n) is 5.40. The third kappa shape index (κ3) is 4.79. The van der Waals surface area contributed by atoms with Gasteiger partial charge in [-0.1, -0.05) is 6.07 Å². The Morgan fingerprint density at radius 1 is 1.00 bits per heavy atom. The summed E-state index contributed by atoms with van der Waals surface area (Å²) >= 11 is 0. The van der Waals surface area contributed by atoms with Crippen molar-refractivity contribution >= 4 is 17.8 Å². The fraction of sp³-hybridized carbons (Fsp3) is 0.524. The van der Waals surface area contributed by atoms with E-state index in [0.29, 0.717) is 48.0 Å². The number of hydrogen-bond acceptors (Lipinski definition) is 9. The van der Waals surface area contributed by atoms with Crippen molar-refractivity contribution in [2.24, 2.45) is 0 Å². The van der Waals surface area contributed by atoms with Crippen LogP contribution in [0.1, 0.15) is 29.0 Å². The molecular weight excluding hydrogens is 400 g/mol. The zero-order valence-electron chi connectivity index (χ0n) is 18.0. The molecule has 31 heavy (non-hydrogen) atoms. The number of nitrogens with one attached hydrogen (secondary N) is 1. The number of benzene rings is 1. The zero-order valence-corrected chi connectivity index (χ0v) is 18.0. The number of methoxy groups -OCH3 is 2. The lowest BCUT2D eigenvalue weighted by atomic mass is 10.1.